The molecule has 1 amide bonds. The molecule has 0 radical (unpaired) electrons. The minimum Gasteiger partial charge on any atom is -0.496 e. The second-order valence-electron chi connectivity index (χ2n) is 4.88. The summed E-state index contributed by atoms with van der Waals surface area (Å²) in [6.45, 7) is 3.75. The number of hydrogen-bond donors (Lipinski definition) is 2. The van der Waals surface area contributed by atoms with Gasteiger partial charge in [0.25, 0.3) is 5.91 Å². The molecule has 0 fully saturated rings. The lowest BCUT2D eigenvalue weighted by Crippen LogP contribution is -2.34. The first-order valence-electron chi connectivity index (χ1n) is 6.81. The second-order valence-corrected chi connectivity index (χ2v) is 6.20. The van der Waals surface area contributed by atoms with E-state index in [4.69, 9.17) is 17.0 Å². The number of pyridine rings is 1. The first-order valence-corrected chi connectivity index (χ1v) is 8.01. The van der Waals surface area contributed by atoms with Gasteiger partial charge in [0.05, 0.1) is 12.7 Å². The minimum absolute atomic E-state index is 0.174. The maximum Gasteiger partial charge on any atom is 0.261 e. The molecule has 2 aromatic rings. The third kappa shape index (κ3) is 4.49. The molecule has 0 saturated heterocycles. The molecule has 0 aliphatic rings. The van der Waals surface area contributed by atoms with Crippen molar-refractivity contribution in [3.05, 3.63) is 51.6 Å². The summed E-state index contributed by atoms with van der Waals surface area (Å²) in [6.07, 6.45) is 0. The Kier molecular flexibility index (Phi) is 5.68. The smallest absolute Gasteiger partial charge is 0.261 e. The number of aryl methyl sites for hydroxylation is 2. The molecule has 120 valence electrons. The molecule has 0 unspecified atom stereocenters. The van der Waals surface area contributed by atoms with Gasteiger partial charge in [0.2, 0.25) is 0 Å². The molecule has 7 heteroatoms. The normalized spacial score (nSPS) is 10.1. The Morgan fingerprint density at radius 3 is 2.70 bits per heavy atom. The van der Waals surface area contributed by atoms with Crippen LogP contribution in [0.4, 0.5) is 5.82 Å². The van der Waals surface area contributed by atoms with E-state index in [2.05, 4.69) is 31.5 Å². The third-order valence-electron chi connectivity index (χ3n) is 3.05. The molecule has 1 heterocycles. The Hall–Kier alpha value is -1.99. The number of benzene rings is 1. The summed E-state index contributed by atoms with van der Waals surface area (Å²) in [4.78, 5) is 16.7. The summed E-state index contributed by atoms with van der Waals surface area (Å²) >= 11 is 8.54. The van der Waals surface area contributed by atoms with Crippen LogP contribution >= 0.6 is 28.1 Å². The number of anilines is 1. The third-order valence-corrected chi connectivity index (χ3v) is 3.71. The minimum atomic E-state index is -0.351. The predicted molar refractivity (Wildman–Crippen MR) is 98.1 cm³/mol. The Morgan fingerprint density at radius 1 is 1.30 bits per heavy atom. The highest BCUT2D eigenvalue weighted by Crippen LogP contribution is 2.27. The van der Waals surface area contributed by atoms with Crippen LogP contribution in [0, 0.1) is 13.8 Å². The van der Waals surface area contributed by atoms with Crippen molar-refractivity contribution in [1.82, 2.24) is 10.3 Å². The van der Waals surface area contributed by atoms with Gasteiger partial charge in [-0.3, -0.25) is 10.1 Å². The van der Waals surface area contributed by atoms with Gasteiger partial charge in [-0.05, 0) is 55.9 Å². The molecule has 0 bridgehead atoms. The number of amides is 1. The fourth-order valence-electron chi connectivity index (χ4n) is 2.10. The number of carbonyl (C=O) groups is 1. The summed E-state index contributed by atoms with van der Waals surface area (Å²) in [5, 5.41) is 5.69. The monoisotopic (exact) mass is 393 g/mol. The number of nitrogens with one attached hydrogen (secondary N) is 2. The SMILES string of the molecule is COc1c(C)cc(Br)cc1C(=O)NC(=S)Nc1cccc(C)n1. The molecule has 23 heavy (non-hydrogen) atoms. The van der Waals surface area contributed by atoms with Gasteiger partial charge >= 0.3 is 0 Å². The van der Waals surface area contributed by atoms with Crippen molar-refractivity contribution in [2.45, 2.75) is 13.8 Å². The Bertz CT molecular complexity index is 765. The number of hydrogen-bond acceptors (Lipinski definition) is 4. The molecule has 0 aliphatic heterocycles. The van der Waals surface area contributed by atoms with Gasteiger partial charge < -0.3 is 10.1 Å². The van der Waals surface area contributed by atoms with E-state index >= 15 is 0 Å². The standard InChI is InChI=1S/C16H16BrN3O2S/c1-9-7-11(17)8-12(14(9)22-3)15(21)20-16(23)19-13-6-4-5-10(2)18-13/h4-8H,1-3H3,(H2,18,19,20,21,23). The largest absolute Gasteiger partial charge is 0.496 e. The zero-order chi connectivity index (χ0) is 17.0. The number of methoxy groups -OCH3 is 1. The number of halogens is 1. The highest BCUT2D eigenvalue weighted by Gasteiger charge is 2.16. The van der Waals surface area contributed by atoms with Gasteiger partial charge in [0, 0.05) is 10.2 Å². The van der Waals surface area contributed by atoms with Crippen molar-refractivity contribution < 1.29 is 9.53 Å². The van der Waals surface area contributed by atoms with E-state index in [-0.39, 0.29) is 11.0 Å². The van der Waals surface area contributed by atoms with Crippen molar-refractivity contribution in [1.29, 1.82) is 0 Å². The van der Waals surface area contributed by atoms with E-state index in [1.165, 1.54) is 7.11 Å². The Labute approximate surface area is 148 Å². The second kappa shape index (κ2) is 7.52. The van der Waals surface area contributed by atoms with Crippen LogP contribution < -0.4 is 15.4 Å². The topological polar surface area (TPSA) is 63.2 Å². The molecule has 0 aliphatic carbocycles. The molecule has 2 N–H and O–H groups in total. The van der Waals surface area contributed by atoms with Crippen LogP contribution in [-0.2, 0) is 0 Å². The first-order chi connectivity index (χ1) is 10.9. The van der Waals surface area contributed by atoms with E-state index in [1.807, 2.05) is 32.0 Å². The fraction of sp³-hybridized carbons (Fsp3) is 0.188. The Morgan fingerprint density at radius 2 is 2.04 bits per heavy atom. The highest BCUT2D eigenvalue weighted by atomic mass is 79.9. The average molecular weight is 394 g/mol. The van der Waals surface area contributed by atoms with Crippen LogP contribution in [0.5, 0.6) is 5.75 Å². The van der Waals surface area contributed by atoms with Crippen LogP contribution in [0.2, 0.25) is 0 Å². The molecule has 1 aromatic heterocycles. The van der Waals surface area contributed by atoms with Crippen molar-refractivity contribution in [3.8, 4) is 5.75 Å². The van der Waals surface area contributed by atoms with Gasteiger partial charge in [-0.25, -0.2) is 4.98 Å². The maximum absolute atomic E-state index is 12.4. The summed E-state index contributed by atoms with van der Waals surface area (Å²) in [7, 11) is 1.53. The number of carbonyl (C=O) groups excluding carboxylic acids is 1. The van der Waals surface area contributed by atoms with Gasteiger partial charge in [0.1, 0.15) is 11.6 Å². The highest BCUT2D eigenvalue weighted by molar-refractivity contribution is 9.10. The van der Waals surface area contributed by atoms with Crippen molar-refractivity contribution >= 4 is 45.0 Å². The van der Waals surface area contributed by atoms with E-state index in [1.54, 1.807) is 12.1 Å². The van der Waals surface area contributed by atoms with Crippen molar-refractivity contribution in [2.24, 2.45) is 0 Å². The molecular weight excluding hydrogens is 378 g/mol. The molecule has 0 atom stereocenters. The van der Waals surface area contributed by atoms with E-state index in [9.17, 15) is 4.79 Å². The van der Waals surface area contributed by atoms with Crippen molar-refractivity contribution in [3.63, 3.8) is 0 Å². The van der Waals surface area contributed by atoms with Crippen LogP contribution in [0.15, 0.2) is 34.8 Å². The first kappa shape index (κ1) is 17.4. The van der Waals surface area contributed by atoms with E-state index in [0.29, 0.717) is 17.1 Å². The van der Waals surface area contributed by atoms with Crippen LogP contribution in [-0.4, -0.2) is 23.1 Å². The zero-order valence-electron chi connectivity index (χ0n) is 12.9. The van der Waals surface area contributed by atoms with Crippen molar-refractivity contribution in [2.75, 3.05) is 12.4 Å². The summed E-state index contributed by atoms with van der Waals surface area (Å²) in [5.74, 6) is 0.742. The van der Waals surface area contributed by atoms with Crippen LogP contribution in [0.1, 0.15) is 21.6 Å². The van der Waals surface area contributed by atoms with E-state index < -0.39 is 0 Å². The number of nitrogens with zero attached hydrogens (tertiary/aromatic N) is 1. The number of aromatic nitrogens is 1. The quantitative estimate of drug-likeness (QED) is 0.779. The molecule has 0 saturated carbocycles. The molecule has 2 rings (SSSR count). The summed E-state index contributed by atoms with van der Waals surface area (Å²) < 4.78 is 6.10. The van der Waals surface area contributed by atoms with Gasteiger partial charge in [-0.1, -0.05) is 22.0 Å². The molecule has 5 nitrogen and oxygen atoms in total. The molecular formula is C16H16BrN3O2S. The van der Waals surface area contributed by atoms with Crippen LogP contribution in [0.25, 0.3) is 0 Å². The fourth-order valence-corrected chi connectivity index (χ4v) is 2.87. The summed E-state index contributed by atoms with van der Waals surface area (Å²) in [5.41, 5.74) is 2.11. The zero-order valence-corrected chi connectivity index (χ0v) is 15.3. The lowest BCUT2D eigenvalue weighted by Gasteiger charge is -2.13. The summed E-state index contributed by atoms with van der Waals surface area (Å²) in [6, 6.07) is 9.07. The maximum atomic E-state index is 12.4. The average Bonchev–Trinajstić information content (AvgIpc) is 2.46. The Balaban J connectivity index is 2.14. The van der Waals surface area contributed by atoms with E-state index in [0.717, 1.165) is 15.7 Å². The van der Waals surface area contributed by atoms with Crippen LogP contribution in [0.3, 0.4) is 0 Å². The lowest BCUT2D eigenvalue weighted by molar-refractivity contribution is 0.0974. The predicted octanol–water partition coefficient (Wildman–Crippen LogP) is 3.60. The van der Waals surface area contributed by atoms with Gasteiger partial charge in [0.15, 0.2) is 5.11 Å². The number of thiocarbonyl (C=S) groups is 1. The molecule has 0 spiro atoms. The van der Waals surface area contributed by atoms with Gasteiger partial charge in [-0.2, -0.15) is 0 Å². The van der Waals surface area contributed by atoms with Gasteiger partial charge in [-0.15, -0.1) is 0 Å². The lowest BCUT2D eigenvalue weighted by atomic mass is 10.1. The number of ether oxygens (including phenoxy) is 1. The number of rotatable bonds is 3. The molecule has 1 aromatic carbocycles.